The summed E-state index contributed by atoms with van der Waals surface area (Å²) in [7, 11) is 2.72. The van der Waals surface area contributed by atoms with Crippen molar-refractivity contribution < 1.29 is 23.9 Å². The topological polar surface area (TPSA) is 112 Å². The summed E-state index contributed by atoms with van der Waals surface area (Å²) >= 11 is 5.76. The number of nitro groups is 1. The Hall–Kier alpha value is -3.33. The third-order valence-electron chi connectivity index (χ3n) is 3.30. The van der Waals surface area contributed by atoms with E-state index >= 15 is 0 Å². The van der Waals surface area contributed by atoms with Crippen LogP contribution in [-0.4, -0.2) is 37.9 Å². The fourth-order valence-electron chi connectivity index (χ4n) is 2.04. The fourth-order valence-corrected chi connectivity index (χ4v) is 2.16. The molecule has 0 saturated heterocycles. The Bertz CT molecular complexity index is 854. The molecule has 0 atom stereocenters. The van der Waals surface area contributed by atoms with Crippen LogP contribution in [0.1, 0.15) is 5.56 Å². The van der Waals surface area contributed by atoms with Gasteiger partial charge >= 0.3 is 5.69 Å². The van der Waals surface area contributed by atoms with Crippen LogP contribution in [0.2, 0.25) is 5.02 Å². The molecule has 0 unspecified atom stereocenters. The predicted octanol–water partition coefficient (Wildman–Crippen LogP) is 2.79. The van der Waals surface area contributed by atoms with Gasteiger partial charge in [-0.1, -0.05) is 11.6 Å². The highest BCUT2D eigenvalue weighted by molar-refractivity contribution is 6.30. The van der Waals surface area contributed by atoms with Gasteiger partial charge < -0.3 is 14.2 Å². The van der Waals surface area contributed by atoms with Gasteiger partial charge in [0.1, 0.15) is 11.5 Å². The quantitative estimate of drug-likeness (QED) is 0.419. The Morgan fingerprint density at radius 2 is 1.89 bits per heavy atom. The van der Waals surface area contributed by atoms with Crippen molar-refractivity contribution in [3.63, 3.8) is 0 Å². The van der Waals surface area contributed by atoms with E-state index in [2.05, 4.69) is 10.5 Å². The van der Waals surface area contributed by atoms with Crippen LogP contribution in [0, 0.1) is 10.1 Å². The molecule has 0 radical (unpaired) electrons. The molecule has 0 aromatic heterocycles. The number of nitrogens with zero attached hydrogens (tertiary/aromatic N) is 2. The van der Waals surface area contributed by atoms with Gasteiger partial charge in [-0.05, 0) is 24.3 Å². The molecule has 2 aromatic rings. The molecular formula is C17H16ClN3O6. The van der Waals surface area contributed by atoms with E-state index in [-0.39, 0.29) is 18.0 Å². The Labute approximate surface area is 159 Å². The lowest BCUT2D eigenvalue weighted by molar-refractivity contribution is -0.385. The standard InChI is InChI=1S/C17H16ClN3O6/c1-25-15-8-16(26-2)14(21(23)24)7-11(15)9-19-20-17(22)10-27-13-5-3-12(18)4-6-13/h3-9H,10H2,1-2H3,(H,20,22)/b19-9+. The first kappa shape index (κ1) is 20.0. The van der Waals surface area contributed by atoms with Gasteiger partial charge in [0, 0.05) is 22.7 Å². The van der Waals surface area contributed by atoms with Gasteiger partial charge in [0.15, 0.2) is 6.61 Å². The van der Waals surface area contributed by atoms with E-state index in [0.717, 1.165) is 0 Å². The zero-order valence-electron chi connectivity index (χ0n) is 14.5. The fraction of sp³-hybridized carbons (Fsp3) is 0.176. The van der Waals surface area contributed by atoms with Crippen LogP contribution in [0.15, 0.2) is 41.5 Å². The maximum absolute atomic E-state index is 11.8. The average Bonchev–Trinajstić information content (AvgIpc) is 2.67. The molecule has 10 heteroatoms. The number of amides is 1. The molecule has 0 aliphatic heterocycles. The first-order valence-electron chi connectivity index (χ1n) is 7.55. The maximum atomic E-state index is 11.8. The van der Waals surface area contributed by atoms with Crippen molar-refractivity contribution in [2.24, 2.45) is 5.10 Å². The van der Waals surface area contributed by atoms with Crippen LogP contribution in [0.25, 0.3) is 0 Å². The number of methoxy groups -OCH3 is 2. The first-order valence-corrected chi connectivity index (χ1v) is 7.93. The smallest absolute Gasteiger partial charge is 0.311 e. The lowest BCUT2D eigenvalue weighted by Crippen LogP contribution is -2.24. The van der Waals surface area contributed by atoms with E-state index in [0.29, 0.717) is 22.1 Å². The number of nitro benzene ring substituents is 1. The van der Waals surface area contributed by atoms with Crippen LogP contribution in [0.4, 0.5) is 5.69 Å². The molecule has 0 fully saturated rings. The van der Waals surface area contributed by atoms with E-state index in [1.807, 2.05) is 0 Å². The highest BCUT2D eigenvalue weighted by Gasteiger charge is 2.18. The van der Waals surface area contributed by atoms with Gasteiger partial charge in [-0.25, -0.2) is 5.43 Å². The minimum atomic E-state index is -0.589. The molecular weight excluding hydrogens is 378 g/mol. The lowest BCUT2D eigenvalue weighted by atomic mass is 10.1. The molecule has 2 aromatic carbocycles. The monoisotopic (exact) mass is 393 g/mol. The summed E-state index contributed by atoms with van der Waals surface area (Å²) in [5.74, 6) is 0.316. The molecule has 0 bridgehead atoms. The molecule has 0 aliphatic rings. The summed E-state index contributed by atoms with van der Waals surface area (Å²) in [6, 6.07) is 9.12. The number of carbonyl (C=O) groups excluding carboxylic acids is 1. The van der Waals surface area contributed by atoms with E-state index in [4.69, 9.17) is 25.8 Å². The van der Waals surface area contributed by atoms with Gasteiger partial charge in [0.2, 0.25) is 5.75 Å². The molecule has 142 valence electrons. The SMILES string of the molecule is COc1cc(OC)c([N+](=O)[O-])cc1/C=N/NC(=O)COc1ccc(Cl)cc1. The second kappa shape index (κ2) is 9.39. The normalized spacial score (nSPS) is 10.5. The third kappa shape index (κ3) is 5.58. The number of halogens is 1. The predicted molar refractivity (Wildman–Crippen MR) is 98.9 cm³/mol. The van der Waals surface area contributed by atoms with E-state index in [1.54, 1.807) is 24.3 Å². The molecule has 27 heavy (non-hydrogen) atoms. The van der Waals surface area contributed by atoms with E-state index < -0.39 is 10.8 Å². The van der Waals surface area contributed by atoms with Crippen molar-refractivity contribution in [2.45, 2.75) is 0 Å². The second-order valence-electron chi connectivity index (χ2n) is 5.06. The number of benzene rings is 2. The van der Waals surface area contributed by atoms with Crippen molar-refractivity contribution in [3.8, 4) is 17.2 Å². The van der Waals surface area contributed by atoms with Crippen LogP contribution in [0.5, 0.6) is 17.2 Å². The lowest BCUT2D eigenvalue weighted by Gasteiger charge is -2.08. The molecule has 0 spiro atoms. The minimum absolute atomic E-state index is 0.0504. The number of rotatable bonds is 8. The van der Waals surface area contributed by atoms with Gasteiger partial charge in [0.05, 0.1) is 25.4 Å². The van der Waals surface area contributed by atoms with Crippen molar-refractivity contribution in [1.82, 2.24) is 5.43 Å². The van der Waals surface area contributed by atoms with Gasteiger partial charge in [-0.15, -0.1) is 0 Å². The molecule has 2 rings (SSSR count). The number of nitrogens with one attached hydrogen (secondary N) is 1. The van der Waals surface area contributed by atoms with E-state index in [9.17, 15) is 14.9 Å². The summed E-state index contributed by atoms with van der Waals surface area (Å²) in [6.07, 6.45) is 1.23. The number of hydrazone groups is 1. The largest absolute Gasteiger partial charge is 0.496 e. The van der Waals surface area contributed by atoms with Crippen LogP contribution in [-0.2, 0) is 4.79 Å². The maximum Gasteiger partial charge on any atom is 0.311 e. The molecule has 0 aliphatic carbocycles. The van der Waals surface area contributed by atoms with Crippen molar-refractivity contribution in [2.75, 3.05) is 20.8 Å². The highest BCUT2D eigenvalue weighted by atomic mass is 35.5. The Balaban J connectivity index is 2.02. The Morgan fingerprint density at radius 3 is 2.48 bits per heavy atom. The van der Waals surface area contributed by atoms with Crippen LogP contribution >= 0.6 is 11.6 Å². The number of carbonyl (C=O) groups is 1. The summed E-state index contributed by atoms with van der Waals surface area (Å²) in [4.78, 5) is 22.3. The minimum Gasteiger partial charge on any atom is -0.496 e. The van der Waals surface area contributed by atoms with Gasteiger partial charge in [-0.2, -0.15) is 5.10 Å². The highest BCUT2D eigenvalue weighted by Crippen LogP contribution is 2.33. The number of hydrogen-bond donors (Lipinski definition) is 1. The van der Waals surface area contributed by atoms with Crippen molar-refractivity contribution in [1.29, 1.82) is 0 Å². The van der Waals surface area contributed by atoms with Crippen molar-refractivity contribution >= 4 is 29.4 Å². The summed E-state index contributed by atoms with van der Waals surface area (Å²) < 4.78 is 15.4. The third-order valence-corrected chi connectivity index (χ3v) is 3.56. The summed E-state index contributed by atoms with van der Waals surface area (Å²) in [6.45, 7) is -0.265. The molecule has 0 saturated carbocycles. The van der Waals surface area contributed by atoms with Crippen LogP contribution < -0.4 is 19.6 Å². The number of ether oxygens (including phenoxy) is 3. The zero-order valence-corrected chi connectivity index (χ0v) is 15.2. The van der Waals surface area contributed by atoms with Crippen LogP contribution in [0.3, 0.4) is 0 Å². The Kier molecular flexibility index (Phi) is 6.95. The summed E-state index contributed by atoms with van der Waals surface area (Å²) in [5, 5.41) is 15.4. The van der Waals surface area contributed by atoms with E-state index in [1.165, 1.54) is 32.6 Å². The first-order chi connectivity index (χ1) is 12.9. The molecule has 1 amide bonds. The van der Waals surface area contributed by atoms with Gasteiger partial charge in [0.25, 0.3) is 5.91 Å². The molecule has 9 nitrogen and oxygen atoms in total. The van der Waals surface area contributed by atoms with Gasteiger partial charge in [-0.3, -0.25) is 14.9 Å². The summed E-state index contributed by atoms with van der Waals surface area (Å²) in [5.41, 5.74) is 2.31. The van der Waals surface area contributed by atoms with Crippen molar-refractivity contribution in [3.05, 3.63) is 57.1 Å². The Morgan fingerprint density at radius 1 is 1.22 bits per heavy atom. The second-order valence-corrected chi connectivity index (χ2v) is 5.50. The molecule has 0 heterocycles. The average molecular weight is 394 g/mol. The zero-order chi connectivity index (χ0) is 19.8. The number of hydrogen-bond acceptors (Lipinski definition) is 7. The molecule has 1 N–H and O–H groups in total.